The van der Waals surface area contributed by atoms with Gasteiger partial charge in [-0.05, 0) is 25.7 Å². The molecule has 3 amide bonds. The van der Waals surface area contributed by atoms with E-state index in [-0.39, 0.29) is 30.9 Å². The minimum absolute atomic E-state index is 0.0548. The van der Waals surface area contributed by atoms with Gasteiger partial charge in [-0.1, -0.05) is 0 Å². The molecule has 1 saturated heterocycles. The minimum atomic E-state index is -0.910. The molecule has 1 saturated carbocycles. The number of nitrogens with zero attached hydrogens (tertiary/aromatic N) is 2. The molecular formula is C13H21N3O4. The normalized spacial score (nSPS) is 21.6. The molecule has 1 unspecified atom stereocenters. The molecule has 7 heteroatoms. The number of aliphatic carboxylic acids is 1. The molecule has 7 nitrogen and oxygen atoms in total. The highest BCUT2D eigenvalue weighted by Gasteiger charge is 2.40. The van der Waals surface area contributed by atoms with Crippen molar-refractivity contribution in [2.24, 2.45) is 0 Å². The van der Waals surface area contributed by atoms with E-state index in [1.165, 1.54) is 0 Å². The van der Waals surface area contributed by atoms with E-state index in [0.29, 0.717) is 13.0 Å². The second-order valence-electron chi connectivity index (χ2n) is 5.32. The Morgan fingerprint density at radius 3 is 2.55 bits per heavy atom. The number of carbonyl (C=O) groups is 3. The van der Waals surface area contributed by atoms with E-state index < -0.39 is 12.0 Å². The van der Waals surface area contributed by atoms with Crippen molar-refractivity contribution in [3.8, 4) is 0 Å². The summed E-state index contributed by atoms with van der Waals surface area (Å²) in [5.41, 5.74) is 0. The fourth-order valence-corrected chi connectivity index (χ4v) is 2.64. The first-order valence-electron chi connectivity index (χ1n) is 7.05. The topological polar surface area (TPSA) is 90.0 Å². The Hall–Kier alpha value is -1.79. The van der Waals surface area contributed by atoms with Gasteiger partial charge in [-0.25, -0.2) is 4.79 Å². The van der Waals surface area contributed by atoms with Crippen LogP contribution >= 0.6 is 0 Å². The lowest BCUT2D eigenvalue weighted by Crippen LogP contribution is -2.51. The van der Waals surface area contributed by atoms with Crippen molar-refractivity contribution in [1.82, 2.24) is 15.1 Å². The molecule has 20 heavy (non-hydrogen) atoms. The van der Waals surface area contributed by atoms with Crippen LogP contribution in [0.25, 0.3) is 0 Å². The van der Waals surface area contributed by atoms with Crippen LogP contribution in [0.2, 0.25) is 0 Å². The summed E-state index contributed by atoms with van der Waals surface area (Å²) < 4.78 is 0. The molecule has 2 fully saturated rings. The molecule has 0 aromatic heterocycles. The SMILES string of the molecule is CNC(=O)C1CCCN1C(=O)N(CCC(=O)O)C1CC1. The summed E-state index contributed by atoms with van der Waals surface area (Å²) in [4.78, 5) is 38.2. The maximum atomic E-state index is 12.5. The van der Waals surface area contributed by atoms with Gasteiger partial charge in [-0.2, -0.15) is 0 Å². The van der Waals surface area contributed by atoms with Crippen molar-refractivity contribution in [3.63, 3.8) is 0 Å². The first-order valence-corrected chi connectivity index (χ1v) is 7.05. The Morgan fingerprint density at radius 1 is 1.30 bits per heavy atom. The molecule has 0 bridgehead atoms. The van der Waals surface area contributed by atoms with Crippen LogP contribution in [0.3, 0.4) is 0 Å². The predicted octanol–water partition coefficient (Wildman–Crippen LogP) is 0.256. The average Bonchev–Trinajstić information content (AvgIpc) is 3.13. The molecule has 0 aromatic rings. The van der Waals surface area contributed by atoms with Crippen LogP contribution in [0.5, 0.6) is 0 Å². The number of hydrogen-bond donors (Lipinski definition) is 2. The van der Waals surface area contributed by atoms with Crippen molar-refractivity contribution < 1.29 is 19.5 Å². The Balaban J connectivity index is 2.02. The van der Waals surface area contributed by atoms with E-state index >= 15 is 0 Å². The van der Waals surface area contributed by atoms with Gasteiger partial charge in [0.05, 0.1) is 6.42 Å². The van der Waals surface area contributed by atoms with E-state index in [9.17, 15) is 14.4 Å². The van der Waals surface area contributed by atoms with Gasteiger partial charge in [-0.15, -0.1) is 0 Å². The van der Waals surface area contributed by atoms with Gasteiger partial charge in [0.25, 0.3) is 0 Å². The molecule has 0 aromatic carbocycles. The largest absolute Gasteiger partial charge is 0.481 e. The highest BCUT2D eigenvalue weighted by Crippen LogP contribution is 2.30. The summed E-state index contributed by atoms with van der Waals surface area (Å²) in [6.07, 6.45) is 3.26. The molecule has 2 N–H and O–H groups in total. The lowest BCUT2D eigenvalue weighted by atomic mass is 10.2. The third-order valence-electron chi connectivity index (χ3n) is 3.85. The molecule has 2 rings (SSSR count). The molecular weight excluding hydrogens is 262 g/mol. The van der Waals surface area contributed by atoms with Crippen molar-refractivity contribution in [2.75, 3.05) is 20.1 Å². The molecule has 2 aliphatic rings. The Bertz CT molecular complexity index is 408. The van der Waals surface area contributed by atoms with E-state index in [4.69, 9.17) is 5.11 Å². The third kappa shape index (κ3) is 3.20. The van der Waals surface area contributed by atoms with Crippen LogP contribution in [-0.2, 0) is 9.59 Å². The molecule has 112 valence electrons. The summed E-state index contributed by atoms with van der Waals surface area (Å²) in [7, 11) is 1.56. The van der Waals surface area contributed by atoms with E-state index in [1.807, 2.05) is 0 Å². The number of carboxylic acid groups (broad SMARTS) is 1. The zero-order chi connectivity index (χ0) is 14.7. The zero-order valence-electron chi connectivity index (χ0n) is 11.7. The average molecular weight is 283 g/mol. The number of rotatable bonds is 5. The van der Waals surface area contributed by atoms with E-state index in [2.05, 4.69) is 5.32 Å². The lowest BCUT2D eigenvalue weighted by molar-refractivity contribution is -0.137. The highest BCUT2D eigenvalue weighted by atomic mass is 16.4. The minimum Gasteiger partial charge on any atom is -0.481 e. The maximum absolute atomic E-state index is 12.5. The number of nitrogens with one attached hydrogen (secondary N) is 1. The first kappa shape index (κ1) is 14.6. The van der Waals surface area contributed by atoms with Crippen molar-refractivity contribution in [2.45, 2.75) is 44.2 Å². The number of amides is 3. The quantitative estimate of drug-likeness (QED) is 0.757. The van der Waals surface area contributed by atoms with Crippen LogP contribution in [0.4, 0.5) is 4.79 Å². The van der Waals surface area contributed by atoms with Crippen LogP contribution in [0, 0.1) is 0 Å². The monoisotopic (exact) mass is 283 g/mol. The number of likely N-dealkylation sites (N-methyl/N-ethyl adjacent to an activating group) is 1. The lowest BCUT2D eigenvalue weighted by Gasteiger charge is -2.31. The van der Waals surface area contributed by atoms with Gasteiger partial charge in [-0.3, -0.25) is 9.59 Å². The second kappa shape index (κ2) is 6.11. The number of carboxylic acids is 1. The fourth-order valence-electron chi connectivity index (χ4n) is 2.64. The van der Waals surface area contributed by atoms with Crippen LogP contribution in [0.15, 0.2) is 0 Å². The second-order valence-corrected chi connectivity index (χ2v) is 5.32. The fraction of sp³-hybridized carbons (Fsp3) is 0.769. The Morgan fingerprint density at radius 2 is 2.00 bits per heavy atom. The standard InChI is InChI=1S/C13H21N3O4/c1-14-12(19)10-3-2-7-16(10)13(20)15(9-4-5-9)8-6-11(17)18/h9-10H,2-8H2,1H3,(H,14,19)(H,17,18). The van der Waals surface area contributed by atoms with Gasteiger partial charge in [0.15, 0.2) is 0 Å². The zero-order valence-corrected chi connectivity index (χ0v) is 11.7. The van der Waals surface area contributed by atoms with Crippen LogP contribution in [0.1, 0.15) is 32.1 Å². The van der Waals surface area contributed by atoms with Gasteiger partial charge in [0.2, 0.25) is 5.91 Å². The van der Waals surface area contributed by atoms with Crippen molar-refractivity contribution in [3.05, 3.63) is 0 Å². The number of likely N-dealkylation sites (tertiary alicyclic amines) is 1. The molecule has 1 aliphatic heterocycles. The van der Waals surface area contributed by atoms with Gasteiger partial charge >= 0.3 is 12.0 Å². The summed E-state index contributed by atoms with van der Waals surface area (Å²) in [6.45, 7) is 0.781. The molecule has 1 atom stereocenters. The van der Waals surface area contributed by atoms with E-state index in [0.717, 1.165) is 19.3 Å². The molecule has 0 spiro atoms. The van der Waals surface area contributed by atoms with Gasteiger partial charge in [0, 0.05) is 26.2 Å². The summed E-state index contributed by atoms with van der Waals surface area (Å²) in [5, 5.41) is 11.4. The Kier molecular flexibility index (Phi) is 4.46. The molecule has 0 radical (unpaired) electrons. The van der Waals surface area contributed by atoms with Crippen molar-refractivity contribution >= 4 is 17.9 Å². The van der Waals surface area contributed by atoms with Crippen molar-refractivity contribution in [1.29, 1.82) is 0 Å². The summed E-state index contributed by atoms with van der Waals surface area (Å²) in [6, 6.07) is -0.466. The number of hydrogen-bond acceptors (Lipinski definition) is 3. The van der Waals surface area contributed by atoms with Gasteiger partial charge in [0.1, 0.15) is 6.04 Å². The smallest absolute Gasteiger partial charge is 0.320 e. The van der Waals surface area contributed by atoms with Crippen LogP contribution in [-0.4, -0.2) is 65.0 Å². The number of carbonyl (C=O) groups excluding carboxylic acids is 2. The third-order valence-corrected chi connectivity index (χ3v) is 3.85. The summed E-state index contributed by atoms with van der Waals surface area (Å²) in [5.74, 6) is -1.06. The van der Waals surface area contributed by atoms with Gasteiger partial charge < -0.3 is 20.2 Å². The first-order chi connectivity index (χ1) is 9.54. The molecule has 1 aliphatic carbocycles. The predicted molar refractivity (Wildman–Crippen MR) is 71.2 cm³/mol. The molecule has 1 heterocycles. The number of urea groups is 1. The highest BCUT2D eigenvalue weighted by molar-refractivity contribution is 5.87. The van der Waals surface area contributed by atoms with Crippen LogP contribution < -0.4 is 5.32 Å². The van der Waals surface area contributed by atoms with E-state index in [1.54, 1.807) is 16.8 Å². The maximum Gasteiger partial charge on any atom is 0.320 e. The summed E-state index contributed by atoms with van der Waals surface area (Å²) >= 11 is 0. The Labute approximate surface area is 117 Å².